The van der Waals surface area contributed by atoms with Crippen molar-refractivity contribution in [1.29, 1.82) is 0 Å². The van der Waals surface area contributed by atoms with Crippen LogP contribution < -0.4 is 10.1 Å². The van der Waals surface area contributed by atoms with Crippen LogP contribution in [0.2, 0.25) is 0 Å². The van der Waals surface area contributed by atoms with Crippen LogP contribution >= 0.6 is 0 Å². The minimum atomic E-state index is -4.57. The number of ether oxygens (including phenoxy) is 1. The molecule has 2 N–H and O–H groups in total. The first-order chi connectivity index (χ1) is 16.6. The molecule has 35 heavy (non-hydrogen) atoms. The maximum absolute atomic E-state index is 13.4. The molecule has 0 aliphatic rings. The Kier molecular flexibility index (Phi) is 6.50. The summed E-state index contributed by atoms with van der Waals surface area (Å²) in [7, 11) is 0. The van der Waals surface area contributed by atoms with Gasteiger partial charge in [-0.05, 0) is 48.9 Å². The molecule has 180 valence electrons. The Bertz CT molecular complexity index is 1360. The van der Waals surface area contributed by atoms with E-state index in [1.165, 1.54) is 18.3 Å². The molecule has 0 fully saturated rings. The number of nitrogens with one attached hydrogen (secondary N) is 2. The fourth-order valence-corrected chi connectivity index (χ4v) is 3.30. The van der Waals surface area contributed by atoms with Crippen molar-refractivity contribution in [3.8, 4) is 22.9 Å². The SMILES string of the molecule is Cc1c(Oc2ccnc(-c3cc(C(F)(F)F)[nH]n3)c2)cccc1C(=O)NCc1cc(F)cc(F)c1. The third kappa shape index (κ3) is 5.62. The molecule has 11 heteroatoms. The summed E-state index contributed by atoms with van der Waals surface area (Å²) in [5.74, 6) is -1.39. The van der Waals surface area contributed by atoms with E-state index in [1.807, 2.05) is 5.10 Å². The summed E-state index contributed by atoms with van der Waals surface area (Å²) in [5.41, 5.74) is 0.154. The van der Waals surface area contributed by atoms with E-state index >= 15 is 0 Å². The molecule has 0 aliphatic carbocycles. The quantitative estimate of drug-likeness (QED) is 0.336. The molecule has 2 aromatic carbocycles. The van der Waals surface area contributed by atoms with Gasteiger partial charge in [0.25, 0.3) is 5.91 Å². The first-order valence-corrected chi connectivity index (χ1v) is 10.2. The summed E-state index contributed by atoms with van der Waals surface area (Å²) >= 11 is 0. The second-order valence-corrected chi connectivity index (χ2v) is 7.53. The summed E-state index contributed by atoms with van der Waals surface area (Å²) in [5, 5.41) is 8.18. The number of pyridine rings is 1. The van der Waals surface area contributed by atoms with Gasteiger partial charge in [-0.3, -0.25) is 14.9 Å². The first-order valence-electron chi connectivity index (χ1n) is 10.2. The molecule has 0 radical (unpaired) electrons. The average Bonchev–Trinajstić information content (AvgIpc) is 3.30. The zero-order chi connectivity index (χ0) is 25.2. The summed E-state index contributed by atoms with van der Waals surface area (Å²) in [6.07, 6.45) is -3.21. The maximum atomic E-state index is 13.4. The zero-order valence-corrected chi connectivity index (χ0v) is 18.1. The molecule has 4 rings (SSSR count). The second kappa shape index (κ2) is 9.53. The third-order valence-electron chi connectivity index (χ3n) is 5.01. The lowest BCUT2D eigenvalue weighted by molar-refractivity contribution is -0.141. The highest BCUT2D eigenvalue weighted by molar-refractivity contribution is 5.96. The number of carbonyl (C=O) groups excluding carboxylic acids is 1. The average molecular weight is 488 g/mol. The molecule has 4 aromatic rings. The number of halogens is 5. The van der Waals surface area contributed by atoms with Crippen LogP contribution in [-0.4, -0.2) is 21.1 Å². The normalized spacial score (nSPS) is 11.4. The van der Waals surface area contributed by atoms with Crippen LogP contribution in [0.4, 0.5) is 22.0 Å². The van der Waals surface area contributed by atoms with Gasteiger partial charge in [0, 0.05) is 36.0 Å². The molecule has 0 saturated carbocycles. The number of alkyl halides is 3. The third-order valence-corrected chi connectivity index (χ3v) is 5.01. The lowest BCUT2D eigenvalue weighted by atomic mass is 10.1. The van der Waals surface area contributed by atoms with Crippen molar-refractivity contribution in [2.75, 3.05) is 0 Å². The van der Waals surface area contributed by atoms with Gasteiger partial charge < -0.3 is 10.1 Å². The van der Waals surface area contributed by atoms with Gasteiger partial charge in [-0.15, -0.1) is 0 Å². The van der Waals surface area contributed by atoms with Crippen LogP contribution in [0.1, 0.15) is 27.2 Å². The number of rotatable bonds is 6. The minimum Gasteiger partial charge on any atom is -0.457 e. The largest absolute Gasteiger partial charge is 0.457 e. The molecule has 6 nitrogen and oxygen atoms in total. The molecule has 0 atom stereocenters. The van der Waals surface area contributed by atoms with E-state index in [4.69, 9.17) is 4.74 Å². The smallest absolute Gasteiger partial charge is 0.432 e. The number of nitrogens with zero attached hydrogens (tertiary/aromatic N) is 2. The summed E-state index contributed by atoms with van der Waals surface area (Å²) < 4.78 is 71.1. The highest BCUT2D eigenvalue weighted by atomic mass is 19.4. The number of hydrogen-bond acceptors (Lipinski definition) is 4. The number of aromatic amines is 1. The predicted octanol–water partition coefficient (Wildman–Crippen LogP) is 5.80. The number of aromatic nitrogens is 3. The number of carbonyl (C=O) groups is 1. The highest BCUT2D eigenvalue weighted by Gasteiger charge is 2.33. The Morgan fingerprint density at radius 2 is 1.77 bits per heavy atom. The standard InChI is InChI=1S/C24H17F5N4O2/c1-13-18(23(34)31-12-14-7-15(25)9-16(26)8-14)3-2-4-21(13)35-17-5-6-30-19(10-17)20-11-22(33-32-20)24(27,28)29/h2-11H,12H2,1H3,(H,31,34)(H,32,33). The van der Waals surface area contributed by atoms with E-state index in [1.54, 1.807) is 25.1 Å². The van der Waals surface area contributed by atoms with E-state index in [-0.39, 0.29) is 34.8 Å². The van der Waals surface area contributed by atoms with Crippen LogP contribution in [0.25, 0.3) is 11.4 Å². The van der Waals surface area contributed by atoms with E-state index < -0.39 is 29.4 Å². The van der Waals surface area contributed by atoms with Crippen molar-refractivity contribution in [2.24, 2.45) is 0 Å². The van der Waals surface area contributed by atoms with Crippen molar-refractivity contribution < 1.29 is 31.5 Å². The monoisotopic (exact) mass is 488 g/mol. The molecule has 0 bridgehead atoms. The summed E-state index contributed by atoms with van der Waals surface area (Å²) in [4.78, 5) is 16.7. The lowest BCUT2D eigenvalue weighted by Gasteiger charge is -2.13. The Morgan fingerprint density at radius 3 is 2.46 bits per heavy atom. The van der Waals surface area contributed by atoms with Gasteiger partial charge in [0.1, 0.15) is 34.5 Å². The molecule has 0 unspecified atom stereocenters. The maximum Gasteiger partial charge on any atom is 0.432 e. The van der Waals surface area contributed by atoms with Crippen molar-refractivity contribution in [1.82, 2.24) is 20.5 Å². The van der Waals surface area contributed by atoms with Gasteiger partial charge in [-0.1, -0.05) is 6.07 Å². The van der Waals surface area contributed by atoms with Crippen molar-refractivity contribution in [3.05, 3.63) is 94.8 Å². The molecule has 2 heterocycles. The molecular weight excluding hydrogens is 471 g/mol. The molecule has 0 saturated heterocycles. The van der Waals surface area contributed by atoms with Crippen molar-refractivity contribution >= 4 is 5.91 Å². The van der Waals surface area contributed by atoms with Crippen LogP contribution in [-0.2, 0) is 12.7 Å². The first kappa shape index (κ1) is 23.9. The predicted molar refractivity (Wildman–Crippen MR) is 116 cm³/mol. The van der Waals surface area contributed by atoms with Crippen molar-refractivity contribution in [2.45, 2.75) is 19.6 Å². The van der Waals surface area contributed by atoms with Gasteiger partial charge in [-0.25, -0.2) is 8.78 Å². The molecule has 1 amide bonds. The summed E-state index contributed by atoms with van der Waals surface area (Å²) in [6.45, 7) is 1.56. The Morgan fingerprint density at radius 1 is 1.03 bits per heavy atom. The van der Waals surface area contributed by atoms with E-state index in [0.29, 0.717) is 11.3 Å². The number of amides is 1. The van der Waals surface area contributed by atoms with E-state index in [0.717, 1.165) is 24.3 Å². The Hall–Kier alpha value is -4.28. The number of benzene rings is 2. The minimum absolute atomic E-state index is 0.0126. The molecule has 0 spiro atoms. The summed E-state index contributed by atoms with van der Waals surface area (Å²) in [6, 6.07) is 11.5. The highest BCUT2D eigenvalue weighted by Crippen LogP contribution is 2.32. The van der Waals surface area contributed by atoms with Gasteiger partial charge in [-0.2, -0.15) is 18.3 Å². The van der Waals surface area contributed by atoms with Gasteiger partial charge in [0.2, 0.25) is 0 Å². The number of hydrogen-bond donors (Lipinski definition) is 2. The fourth-order valence-electron chi connectivity index (χ4n) is 3.30. The number of H-pyrrole nitrogens is 1. The van der Waals surface area contributed by atoms with E-state index in [9.17, 15) is 26.7 Å². The molecular formula is C24H17F5N4O2. The lowest BCUT2D eigenvalue weighted by Crippen LogP contribution is -2.23. The zero-order valence-electron chi connectivity index (χ0n) is 18.1. The van der Waals surface area contributed by atoms with Crippen LogP contribution in [0.5, 0.6) is 11.5 Å². The van der Waals surface area contributed by atoms with Gasteiger partial charge in [0.15, 0.2) is 0 Å². The van der Waals surface area contributed by atoms with Gasteiger partial charge in [0.05, 0.1) is 5.69 Å². The van der Waals surface area contributed by atoms with Gasteiger partial charge >= 0.3 is 6.18 Å². The Labute approximate surface area is 195 Å². The van der Waals surface area contributed by atoms with Crippen molar-refractivity contribution in [3.63, 3.8) is 0 Å². The molecule has 2 aromatic heterocycles. The Balaban J connectivity index is 1.50. The molecule has 0 aliphatic heterocycles. The second-order valence-electron chi connectivity index (χ2n) is 7.53. The van der Waals surface area contributed by atoms with E-state index in [2.05, 4.69) is 15.4 Å². The topological polar surface area (TPSA) is 79.9 Å². The van der Waals surface area contributed by atoms with Crippen LogP contribution in [0.3, 0.4) is 0 Å². The fraction of sp³-hybridized carbons (Fsp3) is 0.125. The van der Waals surface area contributed by atoms with Crippen LogP contribution in [0.15, 0.2) is 60.8 Å². The van der Waals surface area contributed by atoms with Crippen LogP contribution in [0, 0.1) is 18.6 Å².